The van der Waals surface area contributed by atoms with Crippen molar-refractivity contribution in [1.29, 1.82) is 0 Å². The van der Waals surface area contributed by atoms with Gasteiger partial charge in [0.2, 0.25) is 0 Å². The van der Waals surface area contributed by atoms with Crippen LogP contribution in [0.5, 0.6) is 0 Å². The predicted molar refractivity (Wildman–Crippen MR) is 46.5 cm³/mol. The Bertz CT molecular complexity index is 255. The summed E-state index contributed by atoms with van der Waals surface area (Å²) < 4.78 is 12.5. The predicted octanol–water partition coefficient (Wildman–Crippen LogP) is 3.08. The first-order valence-corrected chi connectivity index (χ1v) is 4.58. The maximum absolute atomic E-state index is 12.5. The van der Waals surface area contributed by atoms with Crippen molar-refractivity contribution >= 4 is 15.9 Å². The highest BCUT2D eigenvalue weighted by atomic mass is 79.9. The number of halogens is 2. The minimum Gasteiger partial charge on any atom is -0.207 e. The number of benzene rings is 1. The molecule has 0 unspecified atom stereocenters. The van der Waals surface area contributed by atoms with Gasteiger partial charge < -0.3 is 0 Å². The van der Waals surface area contributed by atoms with Crippen LogP contribution in [0.3, 0.4) is 0 Å². The molecule has 1 aromatic carbocycles. The van der Waals surface area contributed by atoms with Gasteiger partial charge in [-0.05, 0) is 30.0 Å². The molecule has 1 aliphatic carbocycles. The van der Waals surface area contributed by atoms with Crippen molar-refractivity contribution in [2.75, 3.05) is 0 Å². The fourth-order valence-electron chi connectivity index (χ4n) is 1.22. The van der Waals surface area contributed by atoms with Gasteiger partial charge in [0.05, 0.1) is 0 Å². The lowest BCUT2D eigenvalue weighted by molar-refractivity contribution is 0.627. The maximum atomic E-state index is 12.5. The van der Waals surface area contributed by atoms with Crippen molar-refractivity contribution in [3.8, 4) is 0 Å². The van der Waals surface area contributed by atoms with Crippen LogP contribution in [0.2, 0.25) is 0 Å². The lowest BCUT2D eigenvalue weighted by atomic mass is 10.1. The first kappa shape index (κ1) is 7.29. The number of hydrogen-bond donors (Lipinski definition) is 0. The summed E-state index contributed by atoms with van der Waals surface area (Å²) in [6, 6.07) is 6.77. The SMILES string of the molecule is Fc1ccc([C@H]2C[C@H]2Br)cc1. The van der Waals surface area contributed by atoms with Crippen LogP contribution in [0.25, 0.3) is 0 Å². The Morgan fingerprint density at radius 2 is 1.82 bits per heavy atom. The molecule has 0 aliphatic heterocycles. The van der Waals surface area contributed by atoms with Crippen LogP contribution in [0.15, 0.2) is 24.3 Å². The summed E-state index contributed by atoms with van der Waals surface area (Å²) in [4.78, 5) is 0.618. The van der Waals surface area contributed by atoms with E-state index >= 15 is 0 Å². The largest absolute Gasteiger partial charge is 0.207 e. The van der Waals surface area contributed by atoms with Crippen LogP contribution in [0.1, 0.15) is 17.9 Å². The minimum atomic E-state index is -0.152. The standard InChI is InChI=1S/C9H8BrF/c10-9-5-8(9)6-1-3-7(11)4-2-6/h1-4,8-9H,5H2/t8-,9-/m1/s1. The summed E-state index contributed by atoms with van der Waals surface area (Å²) in [5.74, 6) is 0.469. The van der Waals surface area contributed by atoms with Gasteiger partial charge in [0.1, 0.15) is 5.82 Å². The van der Waals surface area contributed by atoms with Gasteiger partial charge in [-0.3, -0.25) is 0 Å². The zero-order chi connectivity index (χ0) is 7.84. The Hall–Kier alpha value is -0.370. The van der Waals surface area contributed by atoms with Crippen molar-refractivity contribution in [2.24, 2.45) is 0 Å². The number of hydrogen-bond acceptors (Lipinski definition) is 0. The molecule has 0 spiro atoms. The monoisotopic (exact) mass is 214 g/mol. The molecule has 2 rings (SSSR count). The lowest BCUT2D eigenvalue weighted by Crippen LogP contribution is -1.81. The van der Waals surface area contributed by atoms with Crippen molar-refractivity contribution in [3.05, 3.63) is 35.6 Å². The fourth-order valence-corrected chi connectivity index (χ4v) is 1.93. The molecule has 0 nitrogen and oxygen atoms in total. The summed E-state index contributed by atoms with van der Waals surface area (Å²) >= 11 is 3.51. The topological polar surface area (TPSA) is 0 Å². The summed E-state index contributed by atoms with van der Waals surface area (Å²) in [6.07, 6.45) is 1.19. The van der Waals surface area contributed by atoms with Crippen LogP contribution < -0.4 is 0 Å². The molecule has 11 heavy (non-hydrogen) atoms. The quantitative estimate of drug-likeness (QED) is 0.631. The molecule has 1 saturated carbocycles. The molecule has 2 atom stereocenters. The van der Waals surface area contributed by atoms with Gasteiger partial charge in [-0.2, -0.15) is 0 Å². The highest BCUT2D eigenvalue weighted by molar-refractivity contribution is 9.09. The minimum absolute atomic E-state index is 0.152. The zero-order valence-corrected chi connectivity index (χ0v) is 7.51. The van der Waals surface area contributed by atoms with E-state index in [9.17, 15) is 4.39 Å². The average Bonchev–Trinajstić information content (AvgIpc) is 2.69. The molecule has 0 saturated heterocycles. The first-order valence-electron chi connectivity index (χ1n) is 3.67. The van der Waals surface area contributed by atoms with Crippen LogP contribution in [-0.4, -0.2) is 4.83 Å². The summed E-state index contributed by atoms with van der Waals surface area (Å²) in [7, 11) is 0. The molecular formula is C9H8BrF. The summed E-state index contributed by atoms with van der Waals surface area (Å²) in [5.41, 5.74) is 1.24. The van der Waals surface area contributed by atoms with E-state index in [1.807, 2.05) is 12.1 Å². The van der Waals surface area contributed by atoms with Crippen LogP contribution in [0.4, 0.5) is 4.39 Å². The van der Waals surface area contributed by atoms with Gasteiger partial charge in [-0.25, -0.2) is 4.39 Å². The molecule has 58 valence electrons. The first-order chi connectivity index (χ1) is 5.27. The average molecular weight is 215 g/mol. The van der Waals surface area contributed by atoms with E-state index < -0.39 is 0 Å². The van der Waals surface area contributed by atoms with Crippen LogP contribution in [-0.2, 0) is 0 Å². The van der Waals surface area contributed by atoms with Gasteiger partial charge in [-0.1, -0.05) is 28.1 Å². The van der Waals surface area contributed by atoms with E-state index in [-0.39, 0.29) is 5.82 Å². The number of alkyl halides is 1. The molecule has 1 aromatic rings. The van der Waals surface area contributed by atoms with E-state index in [2.05, 4.69) is 15.9 Å². The molecule has 0 aromatic heterocycles. The second-order valence-electron chi connectivity index (χ2n) is 2.91. The molecule has 0 heterocycles. The van der Waals surface area contributed by atoms with Crippen LogP contribution in [0, 0.1) is 5.82 Å². The van der Waals surface area contributed by atoms with Crippen molar-refractivity contribution < 1.29 is 4.39 Å². The fraction of sp³-hybridized carbons (Fsp3) is 0.333. The summed E-state index contributed by atoms with van der Waals surface area (Å²) in [6.45, 7) is 0. The molecule has 0 bridgehead atoms. The second kappa shape index (κ2) is 2.59. The van der Waals surface area contributed by atoms with E-state index in [1.165, 1.54) is 24.1 Å². The van der Waals surface area contributed by atoms with Crippen LogP contribution >= 0.6 is 15.9 Å². The Morgan fingerprint density at radius 1 is 1.27 bits per heavy atom. The molecule has 0 N–H and O–H groups in total. The number of rotatable bonds is 1. The van der Waals surface area contributed by atoms with Gasteiger partial charge in [0.15, 0.2) is 0 Å². The van der Waals surface area contributed by atoms with Gasteiger partial charge in [0, 0.05) is 4.83 Å². The van der Waals surface area contributed by atoms with Gasteiger partial charge in [0.25, 0.3) is 0 Å². The lowest BCUT2D eigenvalue weighted by Gasteiger charge is -1.95. The molecule has 1 fully saturated rings. The normalized spacial score (nSPS) is 28.5. The molecular weight excluding hydrogens is 207 g/mol. The molecule has 2 heteroatoms. The molecule has 0 radical (unpaired) electrons. The maximum Gasteiger partial charge on any atom is 0.123 e. The molecule has 1 aliphatic rings. The Labute approximate surface area is 73.6 Å². The third-order valence-corrected chi connectivity index (χ3v) is 3.02. The second-order valence-corrected chi connectivity index (χ2v) is 4.09. The third-order valence-electron chi connectivity index (χ3n) is 2.01. The van der Waals surface area contributed by atoms with E-state index in [0.717, 1.165) is 0 Å². The summed E-state index contributed by atoms with van der Waals surface area (Å²) in [5, 5.41) is 0. The third kappa shape index (κ3) is 1.45. The Kier molecular flexibility index (Phi) is 1.72. The smallest absolute Gasteiger partial charge is 0.123 e. The van der Waals surface area contributed by atoms with Crippen molar-refractivity contribution in [3.63, 3.8) is 0 Å². The van der Waals surface area contributed by atoms with Crippen molar-refractivity contribution in [2.45, 2.75) is 17.2 Å². The van der Waals surface area contributed by atoms with E-state index in [1.54, 1.807) is 0 Å². The van der Waals surface area contributed by atoms with Crippen molar-refractivity contribution in [1.82, 2.24) is 0 Å². The van der Waals surface area contributed by atoms with Gasteiger partial charge >= 0.3 is 0 Å². The Morgan fingerprint density at radius 3 is 2.27 bits per heavy atom. The Balaban J connectivity index is 2.21. The highest BCUT2D eigenvalue weighted by Crippen LogP contribution is 2.46. The van der Waals surface area contributed by atoms with Gasteiger partial charge in [-0.15, -0.1) is 0 Å². The zero-order valence-electron chi connectivity index (χ0n) is 5.93. The van der Waals surface area contributed by atoms with E-state index in [4.69, 9.17) is 0 Å². The highest BCUT2D eigenvalue weighted by Gasteiger charge is 2.35. The van der Waals surface area contributed by atoms with E-state index in [0.29, 0.717) is 10.7 Å². The molecule has 0 amide bonds.